The van der Waals surface area contributed by atoms with Crippen molar-refractivity contribution in [3.05, 3.63) is 23.4 Å². The Morgan fingerprint density at radius 1 is 1.24 bits per heavy atom. The molecule has 0 unspecified atom stereocenters. The largest absolute Gasteiger partial charge is 0.339 e. The van der Waals surface area contributed by atoms with Gasteiger partial charge in [-0.15, -0.1) is 10.2 Å². The van der Waals surface area contributed by atoms with Crippen molar-refractivity contribution >= 4 is 0 Å². The van der Waals surface area contributed by atoms with Crippen LogP contribution in [0.2, 0.25) is 0 Å². The molecule has 2 aliphatic rings. The van der Waals surface area contributed by atoms with E-state index >= 15 is 0 Å². The van der Waals surface area contributed by atoms with Crippen LogP contribution in [0.4, 0.5) is 0 Å². The molecule has 8 heteroatoms. The van der Waals surface area contributed by atoms with Gasteiger partial charge in [-0.1, -0.05) is 12.1 Å². The minimum absolute atomic E-state index is 0.465. The van der Waals surface area contributed by atoms with Crippen LogP contribution in [0, 0.1) is 0 Å². The number of aryl methyl sites for hydroxylation is 1. The maximum Gasteiger partial charge on any atom is 0.226 e. The number of rotatable bonds is 7. The molecule has 1 saturated heterocycles. The number of hydrogen-bond acceptors (Lipinski definition) is 7. The second-order valence-electron chi connectivity index (χ2n) is 7.22. The third-order valence-corrected chi connectivity index (χ3v) is 5.17. The molecule has 1 atom stereocenters. The molecule has 8 nitrogen and oxygen atoms in total. The molecule has 3 heterocycles. The van der Waals surface area contributed by atoms with Crippen LogP contribution in [0.1, 0.15) is 61.9 Å². The maximum absolute atomic E-state index is 5.21. The summed E-state index contributed by atoms with van der Waals surface area (Å²) in [5, 5.41) is 16.4. The highest BCUT2D eigenvalue weighted by Crippen LogP contribution is 2.38. The summed E-state index contributed by atoms with van der Waals surface area (Å²) >= 11 is 0. The van der Waals surface area contributed by atoms with E-state index in [1.165, 1.54) is 25.7 Å². The predicted molar refractivity (Wildman–Crippen MR) is 91.8 cm³/mol. The third kappa shape index (κ3) is 3.90. The van der Waals surface area contributed by atoms with Gasteiger partial charge in [0.05, 0.1) is 13.1 Å². The van der Waals surface area contributed by atoms with Gasteiger partial charge in [-0.25, -0.2) is 0 Å². The summed E-state index contributed by atoms with van der Waals surface area (Å²) in [6, 6.07) is 0.465. The molecule has 0 amide bonds. The molecule has 25 heavy (non-hydrogen) atoms. The quantitative estimate of drug-likeness (QED) is 0.811. The molecular formula is C17H27N7O. The summed E-state index contributed by atoms with van der Waals surface area (Å²) in [6.07, 6.45) is 5.68. The first kappa shape index (κ1) is 16.7. The van der Waals surface area contributed by atoms with Gasteiger partial charge in [0, 0.05) is 32.0 Å². The van der Waals surface area contributed by atoms with Crippen molar-refractivity contribution in [1.29, 1.82) is 0 Å². The zero-order valence-corrected chi connectivity index (χ0v) is 15.1. The summed E-state index contributed by atoms with van der Waals surface area (Å²) in [5.41, 5.74) is 0. The number of nitrogens with one attached hydrogen (secondary N) is 1. The van der Waals surface area contributed by atoms with E-state index in [-0.39, 0.29) is 0 Å². The SMILES string of the molecule is CCc1nc(CN2CCC[C@@H](NCc3nnc(C4CC4)n3C)C2)no1. The molecule has 2 aromatic rings. The standard InChI is InChI=1S/C17H27N7O/c1-3-16-19-14(22-25-16)11-24-8-4-5-13(10-24)18-9-15-20-21-17(23(15)2)12-6-7-12/h12-13,18H,3-11H2,1-2H3/t13-/m1/s1. The van der Waals surface area contributed by atoms with E-state index < -0.39 is 0 Å². The lowest BCUT2D eigenvalue weighted by molar-refractivity contribution is 0.176. The lowest BCUT2D eigenvalue weighted by atomic mass is 10.1. The summed E-state index contributed by atoms with van der Waals surface area (Å²) < 4.78 is 7.37. The van der Waals surface area contributed by atoms with Crippen molar-refractivity contribution in [1.82, 2.24) is 35.1 Å². The van der Waals surface area contributed by atoms with Crippen LogP contribution in [-0.2, 0) is 26.6 Å². The molecule has 1 aliphatic carbocycles. The van der Waals surface area contributed by atoms with Crippen LogP contribution in [0.5, 0.6) is 0 Å². The number of hydrogen-bond donors (Lipinski definition) is 1. The van der Waals surface area contributed by atoms with E-state index in [4.69, 9.17) is 4.52 Å². The Balaban J connectivity index is 1.29. The van der Waals surface area contributed by atoms with Gasteiger partial charge in [-0.05, 0) is 32.2 Å². The Bertz CT molecular complexity index is 706. The molecule has 0 radical (unpaired) electrons. The van der Waals surface area contributed by atoms with E-state index in [0.29, 0.717) is 12.0 Å². The smallest absolute Gasteiger partial charge is 0.226 e. The molecule has 2 fully saturated rings. The molecule has 0 spiro atoms. The van der Waals surface area contributed by atoms with Crippen molar-refractivity contribution in [3.8, 4) is 0 Å². The molecule has 4 rings (SSSR count). The van der Waals surface area contributed by atoms with Crippen molar-refractivity contribution in [2.45, 2.75) is 64.1 Å². The Morgan fingerprint density at radius 3 is 2.88 bits per heavy atom. The maximum atomic E-state index is 5.21. The lowest BCUT2D eigenvalue weighted by Crippen LogP contribution is -2.45. The second-order valence-corrected chi connectivity index (χ2v) is 7.22. The van der Waals surface area contributed by atoms with Crippen molar-refractivity contribution in [2.24, 2.45) is 7.05 Å². The van der Waals surface area contributed by atoms with Crippen molar-refractivity contribution in [2.75, 3.05) is 13.1 Å². The van der Waals surface area contributed by atoms with E-state index in [0.717, 1.165) is 56.0 Å². The van der Waals surface area contributed by atoms with Gasteiger partial charge in [0.15, 0.2) is 5.82 Å². The molecule has 0 aromatic carbocycles. The normalized spacial score (nSPS) is 21.8. The van der Waals surface area contributed by atoms with Gasteiger partial charge in [0.1, 0.15) is 11.6 Å². The fourth-order valence-corrected chi connectivity index (χ4v) is 3.53. The van der Waals surface area contributed by atoms with E-state index in [9.17, 15) is 0 Å². The van der Waals surface area contributed by atoms with Crippen LogP contribution in [0.25, 0.3) is 0 Å². The zero-order valence-electron chi connectivity index (χ0n) is 15.1. The number of piperidine rings is 1. The summed E-state index contributed by atoms with van der Waals surface area (Å²) in [7, 11) is 2.08. The van der Waals surface area contributed by atoms with Crippen LogP contribution >= 0.6 is 0 Å². The Labute approximate surface area is 148 Å². The molecule has 0 bridgehead atoms. The highest BCUT2D eigenvalue weighted by molar-refractivity contribution is 5.07. The Hall–Kier alpha value is -1.80. The fraction of sp³-hybridized carbons (Fsp3) is 0.765. The second kappa shape index (κ2) is 7.21. The van der Waals surface area contributed by atoms with Gasteiger partial charge >= 0.3 is 0 Å². The Kier molecular flexibility index (Phi) is 4.80. The van der Waals surface area contributed by atoms with Gasteiger partial charge in [0.2, 0.25) is 5.89 Å². The van der Waals surface area contributed by atoms with Gasteiger partial charge < -0.3 is 14.4 Å². The summed E-state index contributed by atoms with van der Waals surface area (Å²) in [6.45, 7) is 5.65. The van der Waals surface area contributed by atoms with Gasteiger partial charge in [-0.3, -0.25) is 4.90 Å². The zero-order chi connectivity index (χ0) is 17.2. The van der Waals surface area contributed by atoms with E-state index in [1.54, 1.807) is 0 Å². The fourth-order valence-electron chi connectivity index (χ4n) is 3.53. The number of aromatic nitrogens is 5. The topological polar surface area (TPSA) is 84.9 Å². The average molecular weight is 345 g/mol. The molecule has 1 saturated carbocycles. The van der Waals surface area contributed by atoms with E-state index in [1.807, 2.05) is 6.92 Å². The molecule has 2 aromatic heterocycles. The molecule has 136 valence electrons. The highest BCUT2D eigenvalue weighted by atomic mass is 16.5. The third-order valence-electron chi connectivity index (χ3n) is 5.17. The van der Waals surface area contributed by atoms with Crippen LogP contribution in [0.15, 0.2) is 4.52 Å². The first-order valence-electron chi connectivity index (χ1n) is 9.38. The average Bonchev–Trinajstić information content (AvgIpc) is 3.25. The summed E-state index contributed by atoms with van der Waals surface area (Å²) in [4.78, 5) is 6.82. The molecular weight excluding hydrogens is 318 g/mol. The molecule has 1 aliphatic heterocycles. The van der Waals surface area contributed by atoms with Gasteiger partial charge in [-0.2, -0.15) is 4.98 Å². The predicted octanol–water partition coefficient (Wildman–Crippen LogP) is 1.39. The monoisotopic (exact) mass is 345 g/mol. The minimum atomic E-state index is 0.465. The molecule has 1 N–H and O–H groups in total. The van der Waals surface area contributed by atoms with Crippen LogP contribution < -0.4 is 5.32 Å². The first-order valence-corrected chi connectivity index (χ1v) is 9.38. The van der Waals surface area contributed by atoms with Crippen LogP contribution in [0.3, 0.4) is 0 Å². The van der Waals surface area contributed by atoms with Gasteiger partial charge in [0.25, 0.3) is 0 Å². The van der Waals surface area contributed by atoms with E-state index in [2.05, 4.69) is 42.2 Å². The number of nitrogens with zero attached hydrogens (tertiary/aromatic N) is 6. The minimum Gasteiger partial charge on any atom is -0.339 e. The van der Waals surface area contributed by atoms with Crippen LogP contribution in [-0.4, -0.2) is 48.9 Å². The lowest BCUT2D eigenvalue weighted by Gasteiger charge is -2.32. The highest BCUT2D eigenvalue weighted by Gasteiger charge is 2.29. The van der Waals surface area contributed by atoms with Crippen molar-refractivity contribution < 1.29 is 4.52 Å². The summed E-state index contributed by atoms with van der Waals surface area (Å²) in [5.74, 6) is 4.32. The number of likely N-dealkylation sites (tertiary alicyclic amines) is 1. The van der Waals surface area contributed by atoms with Crippen molar-refractivity contribution in [3.63, 3.8) is 0 Å². The Morgan fingerprint density at radius 2 is 2.12 bits per heavy atom. The first-order chi connectivity index (χ1) is 12.2.